The Morgan fingerprint density at radius 1 is 1.52 bits per heavy atom. The van der Waals surface area contributed by atoms with Crippen LogP contribution in [0, 0.1) is 0 Å². The smallest absolute Gasteiger partial charge is 0.354 e. The van der Waals surface area contributed by atoms with Crippen molar-refractivity contribution in [3.05, 3.63) is 51.7 Å². The number of hydrogen-bond donors (Lipinski definition) is 2. The first-order valence-electron chi connectivity index (χ1n) is 5.94. The van der Waals surface area contributed by atoms with Crippen LogP contribution < -0.4 is 0 Å². The molecule has 0 saturated heterocycles. The molecule has 0 bridgehead atoms. The molecule has 1 amide bonds. The Hall–Kier alpha value is -2.12. The van der Waals surface area contributed by atoms with Crippen molar-refractivity contribution in [3.63, 3.8) is 0 Å². The molecule has 0 aliphatic carbocycles. The highest BCUT2D eigenvalue weighted by Crippen LogP contribution is 2.23. The third-order valence-corrected chi connectivity index (χ3v) is 3.88. The third kappa shape index (κ3) is 3.50. The molecule has 2 heterocycles. The average molecular weight is 326 g/mol. The van der Waals surface area contributed by atoms with Crippen LogP contribution in [0.4, 0.5) is 0 Å². The molecule has 8 heteroatoms. The van der Waals surface area contributed by atoms with Crippen LogP contribution in [0.5, 0.6) is 0 Å². The van der Waals surface area contributed by atoms with Gasteiger partial charge in [0.1, 0.15) is 0 Å². The van der Waals surface area contributed by atoms with Crippen molar-refractivity contribution in [1.29, 1.82) is 0 Å². The lowest BCUT2D eigenvalue weighted by atomic mass is 10.2. The number of carboxylic acid groups (broad SMARTS) is 1. The second kappa shape index (κ2) is 6.55. The maximum atomic E-state index is 12.4. The molecule has 21 heavy (non-hydrogen) atoms. The summed E-state index contributed by atoms with van der Waals surface area (Å²) in [6.45, 7) is 4.20. The quantitative estimate of drug-likeness (QED) is 0.799. The van der Waals surface area contributed by atoms with Gasteiger partial charge in [-0.15, -0.1) is 17.9 Å². The van der Waals surface area contributed by atoms with Crippen molar-refractivity contribution in [1.82, 2.24) is 14.9 Å². The molecular weight excluding hydrogens is 314 g/mol. The number of amides is 1. The van der Waals surface area contributed by atoms with Crippen LogP contribution in [-0.4, -0.2) is 38.4 Å². The molecule has 2 rings (SSSR count). The number of rotatable bonds is 6. The molecule has 2 aromatic rings. The predicted molar refractivity (Wildman–Crippen MR) is 79.8 cm³/mol. The summed E-state index contributed by atoms with van der Waals surface area (Å²) in [6.07, 6.45) is 2.75. The van der Waals surface area contributed by atoms with Gasteiger partial charge in [-0.3, -0.25) is 4.79 Å². The van der Waals surface area contributed by atoms with E-state index in [0.717, 1.165) is 4.88 Å². The van der Waals surface area contributed by atoms with Crippen LogP contribution in [-0.2, 0) is 6.54 Å². The minimum Gasteiger partial charge on any atom is -0.477 e. The van der Waals surface area contributed by atoms with Crippen molar-refractivity contribution in [3.8, 4) is 0 Å². The lowest BCUT2D eigenvalue weighted by molar-refractivity contribution is 0.0670. The van der Waals surface area contributed by atoms with Gasteiger partial charge in [-0.05, 0) is 12.1 Å². The van der Waals surface area contributed by atoms with Gasteiger partial charge in [0.15, 0.2) is 11.4 Å². The highest BCUT2D eigenvalue weighted by atomic mass is 35.5. The Morgan fingerprint density at radius 2 is 2.29 bits per heavy atom. The van der Waals surface area contributed by atoms with E-state index < -0.39 is 11.9 Å². The van der Waals surface area contributed by atoms with Crippen LogP contribution in [0.3, 0.4) is 0 Å². The van der Waals surface area contributed by atoms with Gasteiger partial charge in [0.2, 0.25) is 0 Å². The molecule has 6 nitrogen and oxygen atoms in total. The molecule has 110 valence electrons. The van der Waals surface area contributed by atoms with E-state index in [1.54, 1.807) is 12.1 Å². The number of hydrogen-bond acceptors (Lipinski definition) is 4. The molecule has 0 aliphatic heterocycles. The van der Waals surface area contributed by atoms with Gasteiger partial charge in [0, 0.05) is 11.4 Å². The first kappa shape index (κ1) is 15.3. The van der Waals surface area contributed by atoms with E-state index in [-0.39, 0.29) is 17.9 Å². The number of nitrogens with one attached hydrogen (secondary N) is 1. The number of thiophene rings is 1. The monoisotopic (exact) mass is 325 g/mol. The van der Waals surface area contributed by atoms with Crippen LogP contribution in [0.1, 0.15) is 25.9 Å². The Kier molecular flexibility index (Phi) is 4.77. The molecule has 0 aromatic carbocycles. The maximum absolute atomic E-state index is 12.4. The summed E-state index contributed by atoms with van der Waals surface area (Å²) in [4.78, 5) is 32.1. The van der Waals surface area contributed by atoms with Crippen molar-refractivity contribution in [2.24, 2.45) is 0 Å². The minimum absolute atomic E-state index is 0.119. The van der Waals surface area contributed by atoms with E-state index in [1.807, 2.05) is 6.07 Å². The number of aromatic carboxylic acids is 1. The number of nitrogens with zero attached hydrogens (tertiary/aromatic N) is 2. The van der Waals surface area contributed by atoms with E-state index in [4.69, 9.17) is 16.7 Å². The standard InChI is InChI=1S/C13H12ClN3O3S/c1-2-5-17(6-8-3-4-9(14)21-8)12(18)10-11(13(19)20)16-7-15-10/h2-4,7H,1,5-6H2,(H,15,16)(H,19,20). The normalized spacial score (nSPS) is 10.3. The van der Waals surface area contributed by atoms with Crippen LogP contribution in [0.25, 0.3) is 0 Å². The van der Waals surface area contributed by atoms with Gasteiger partial charge in [-0.25, -0.2) is 9.78 Å². The lowest BCUT2D eigenvalue weighted by Crippen LogP contribution is -2.31. The van der Waals surface area contributed by atoms with E-state index in [9.17, 15) is 9.59 Å². The van der Waals surface area contributed by atoms with Gasteiger partial charge >= 0.3 is 5.97 Å². The van der Waals surface area contributed by atoms with E-state index >= 15 is 0 Å². The summed E-state index contributed by atoms with van der Waals surface area (Å²) in [5, 5.41) is 9.03. The summed E-state index contributed by atoms with van der Waals surface area (Å²) in [5.41, 5.74) is -0.342. The number of halogens is 1. The number of imidazole rings is 1. The SMILES string of the molecule is C=CCN(Cc1ccc(Cl)s1)C(=O)c1nc[nH]c1C(=O)O. The van der Waals surface area contributed by atoms with Crippen molar-refractivity contribution in [2.75, 3.05) is 6.54 Å². The Labute approximate surface area is 129 Å². The zero-order chi connectivity index (χ0) is 15.4. The first-order valence-corrected chi connectivity index (χ1v) is 7.13. The molecule has 2 aromatic heterocycles. The number of H-pyrrole nitrogens is 1. The number of carboxylic acids is 1. The molecule has 0 saturated carbocycles. The maximum Gasteiger partial charge on any atom is 0.354 e. The largest absolute Gasteiger partial charge is 0.477 e. The second-order valence-electron chi connectivity index (χ2n) is 4.11. The summed E-state index contributed by atoms with van der Waals surface area (Å²) in [6, 6.07) is 3.56. The molecule has 0 unspecified atom stereocenters. The predicted octanol–water partition coefficient (Wildman–Crippen LogP) is 2.65. The third-order valence-electron chi connectivity index (χ3n) is 2.67. The Balaban J connectivity index is 2.24. The number of carbonyl (C=O) groups is 2. The summed E-state index contributed by atoms with van der Waals surface area (Å²) < 4.78 is 0.627. The molecular formula is C13H12ClN3O3S. The summed E-state index contributed by atoms with van der Waals surface area (Å²) >= 11 is 7.23. The van der Waals surface area contributed by atoms with Crippen LogP contribution in [0.2, 0.25) is 4.34 Å². The Bertz CT molecular complexity index is 680. The molecule has 0 atom stereocenters. The lowest BCUT2D eigenvalue weighted by Gasteiger charge is -2.19. The van der Waals surface area contributed by atoms with Crippen molar-refractivity contribution in [2.45, 2.75) is 6.54 Å². The van der Waals surface area contributed by atoms with Gasteiger partial charge < -0.3 is 15.0 Å². The van der Waals surface area contributed by atoms with Crippen LogP contribution >= 0.6 is 22.9 Å². The van der Waals surface area contributed by atoms with Gasteiger partial charge in [-0.2, -0.15) is 0 Å². The molecule has 0 radical (unpaired) electrons. The van der Waals surface area contributed by atoms with E-state index in [2.05, 4.69) is 16.5 Å². The number of aromatic nitrogens is 2. The fourth-order valence-electron chi connectivity index (χ4n) is 1.77. The minimum atomic E-state index is -1.23. The zero-order valence-electron chi connectivity index (χ0n) is 10.9. The van der Waals surface area contributed by atoms with Gasteiger partial charge in [-0.1, -0.05) is 17.7 Å². The molecule has 0 spiro atoms. The van der Waals surface area contributed by atoms with Crippen molar-refractivity contribution < 1.29 is 14.7 Å². The molecule has 0 fully saturated rings. The fraction of sp³-hybridized carbons (Fsp3) is 0.154. The van der Waals surface area contributed by atoms with Gasteiger partial charge in [0.05, 0.1) is 17.2 Å². The summed E-state index contributed by atoms with van der Waals surface area (Å²) in [7, 11) is 0. The Morgan fingerprint density at radius 3 is 2.86 bits per heavy atom. The first-order chi connectivity index (χ1) is 10.0. The fourth-order valence-corrected chi connectivity index (χ4v) is 2.87. The zero-order valence-corrected chi connectivity index (χ0v) is 12.4. The average Bonchev–Trinajstić information content (AvgIpc) is 3.06. The van der Waals surface area contributed by atoms with Crippen LogP contribution in [0.15, 0.2) is 31.1 Å². The van der Waals surface area contributed by atoms with E-state index in [0.29, 0.717) is 10.9 Å². The van der Waals surface area contributed by atoms with E-state index in [1.165, 1.54) is 22.6 Å². The van der Waals surface area contributed by atoms with Gasteiger partial charge in [0.25, 0.3) is 5.91 Å². The molecule has 0 aliphatic rings. The topological polar surface area (TPSA) is 86.3 Å². The highest BCUT2D eigenvalue weighted by Gasteiger charge is 2.24. The summed E-state index contributed by atoms with van der Waals surface area (Å²) in [5.74, 6) is -1.70. The van der Waals surface area contributed by atoms with Crippen molar-refractivity contribution >= 4 is 34.8 Å². The number of carbonyl (C=O) groups excluding carboxylic acids is 1. The second-order valence-corrected chi connectivity index (χ2v) is 5.91. The highest BCUT2D eigenvalue weighted by molar-refractivity contribution is 7.16. The number of aromatic amines is 1. The molecule has 2 N–H and O–H groups in total.